The molecule has 2 aromatic rings. The Balaban J connectivity index is 2.15. The molecule has 2 aliphatic rings. The average Bonchev–Trinajstić information content (AvgIpc) is 2.92. The maximum Gasteiger partial charge on any atom is 0.338 e. The zero-order chi connectivity index (χ0) is 26.7. The lowest BCUT2D eigenvalue weighted by Crippen LogP contribution is -2.29. The van der Waals surface area contributed by atoms with E-state index in [9.17, 15) is 14.7 Å². The second kappa shape index (κ2) is 10.9. The first-order valence-corrected chi connectivity index (χ1v) is 12.7. The molecule has 1 aliphatic heterocycles. The van der Waals surface area contributed by atoms with Crippen LogP contribution in [0.3, 0.4) is 0 Å². The molecule has 4 rings (SSSR count). The van der Waals surface area contributed by atoms with Crippen LogP contribution in [-0.4, -0.2) is 50.3 Å². The molecule has 0 amide bonds. The maximum absolute atomic E-state index is 12.8. The fourth-order valence-electron chi connectivity index (χ4n) is 4.90. The number of fused-ring (bicyclic) bond motifs is 2. The standard InChI is InChI=1S/C30H32N2O5/c1-6-31(7-2)20-11-14-23-26(17-20)37-27-18-21(32(8-3)9-4)12-15-24(27)28(23)22-13-10-19(29(33)34)16-25(22)30(35)36-5/h10-18H,6-9H2,1-5H3/p+1. The van der Waals surface area contributed by atoms with E-state index in [1.807, 2.05) is 36.4 Å². The number of nitrogens with zero attached hydrogens (tertiary/aromatic N) is 2. The average molecular weight is 502 g/mol. The summed E-state index contributed by atoms with van der Waals surface area (Å²) in [5.74, 6) is -1.02. The molecular weight excluding hydrogens is 468 g/mol. The van der Waals surface area contributed by atoms with Crippen molar-refractivity contribution in [1.82, 2.24) is 4.58 Å². The Labute approximate surface area is 216 Å². The molecule has 0 aromatic heterocycles. The highest BCUT2D eigenvalue weighted by Crippen LogP contribution is 2.42. The molecule has 0 spiro atoms. The van der Waals surface area contributed by atoms with Gasteiger partial charge in [-0.05, 0) is 63.6 Å². The van der Waals surface area contributed by atoms with E-state index in [4.69, 9.17) is 9.15 Å². The third-order valence-electron chi connectivity index (χ3n) is 6.89. The molecule has 0 unspecified atom stereocenters. The minimum absolute atomic E-state index is 0.0195. The molecule has 1 aliphatic carbocycles. The van der Waals surface area contributed by atoms with Gasteiger partial charge in [-0.25, -0.2) is 14.2 Å². The van der Waals surface area contributed by atoms with Gasteiger partial charge in [0.15, 0.2) is 0 Å². The number of carbonyl (C=O) groups is 2. The van der Waals surface area contributed by atoms with Crippen LogP contribution < -0.4 is 14.8 Å². The highest BCUT2D eigenvalue weighted by Gasteiger charge is 2.24. The van der Waals surface area contributed by atoms with Crippen molar-refractivity contribution < 1.29 is 23.8 Å². The van der Waals surface area contributed by atoms with E-state index in [2.05, 4.69) is 37.2 Å². The van der Waals surface area contributed by atoms with Crippen molar-refractivity contribution in [2.75, 3.05) is 38.2 Å². The third kappa shape index (κ3) is 4.81. The van der Waals surface area contributed by atoms with E-state index in [0.717, 1.165) is 53.7 Å². The predicted octanol–water partition coefficient (Wildman–Crippen LogP) is 5.35. The van der Waals surface area contributed by atoms with E-state index in [1.54, 1.807) is 6.07 Å². The van der Waals surface area contributed by atoms with E-state index in [1.165, 1.54) is 19.2 Å². The molecule has 0 atom stereocenters. The topological polar surface area (TPSA) is 83.0 Å². The highest BCUT2D eigenvalue weighted by molar-refractivity contribution is 6.09. The number of carboxylic acid groups (broad SMARTS) is 1. The van der Waals surface area contributed by atoms with Crippen molar-refractivity contribution in [1.29, 1.82) is 0 Å². The highest BCUT2D eigenvalue weighted by atomic mass is 16.5. The predicted molar refractivity (Wildman–Crippen MR) is 146 cm³/mol. The van der Waals surface area contributed by atoms with Crippen LogP contribution in [0.25, 0.3) is 33.4 Å². The Hall–Kier alpha value is -4.13. The summed E-state index contributed by atoms with van der Waals surface area (Å²) < 4.78 is 13.8. The quantitative estimate of drug-likeness (QED) is 0.199. The van der Waals surface area contributed by atoms with Crippen molar-refractivity contribution in [2.45, 2.75) is 27.7 Å². The normalized spacial score (nSPS) is 11.1. The Morgan fingerprint density at radius 3 is 2.24 bits per heavy atom. The van der Waals surface area contributed by atoms with E-state index >= 15 is 0 Å². The number of aromatic carboxylic acids is 1. The molecule has 0 fully saturated rings. The van der Waals surface area contributed by atoms with E-state index < -0.39 is 11.9 Å². The summed E-state index contributed by atoms with van der Waals surface area (Å²) in [6.45, 7) is 11.9. The molecule has 0 saturated heterocycles. The summed E-state index contributed by atoms with van der Waals surface area (Å²) in [5, 5.41) is 11.4. The van der Waals surface area contributed by atoms with Gasteiger partial charge in [-0.15, -0.1) is 0 Å². The van der Waals surface area contributed by atoms with Crippen LogP contribution in [-0.2, 0) is 4.74 Å². The molecule has 0 saturated carbocycles. The lowest BCUT2D eigenvalue weighted by molar-refractivity contribution is 0.0601. The first kappa shape index (κ1) is 25.9. The van der Waals surface area contributed by atoms with E-state index in [0.29, 0.717) is 16.9 Å². The van der Waals surface area contributed by atoms with Crippen LogP contribution in [0.4, 0.5) is 5.69 Å². The SMILES string of the molecule is CCN(CC)c1ccc2c(-c3ccc(C(=O)O)cc3C(=O)OC)c3ccc(=[N+](CC)CC)cc-3oc2c1. The van der Waals surface area contributed by atoms with Crippen molar-refractivity contribution in [3.63, 3.8) is 0 Å². The molecule has 7 heteroatoms. The summed E-state index contributed by atoms with van der Waals surface area (Å²) in [6, 6.07) is 16.7. The number of methoxy groups -OCH3 is 1. The summed E-state index contributed by atoms with van der Waals surface area (Å²) in [5.41, 5.74) is 4.15. The summed E-state index contributed by atoms with van der Waals surface area (Å²) in [4.78, 5) is 26.8. The third-order valence-corrected chi connectivity index (χ3v) is 6.89. The number of hydrogen-bond acceptors (Lipinski definition) is 5. The Kier molecular flexibility index (Phi) is 7.62. The van der Waals surface area contributed by atoms with Gasteiger partial charge in [0.25, 0.3) is 0 Å². The second-order valence-electron chi connectivity index (χ2n) is 8.74. The molecular formula is C30H33N2O5+. The zero-order valence-corrected chi connectivity index (χ0v) is 22.0. The number of carboxylic acids is 1. The molecule has 0 radical (unpaired) electrons. The smallest absolute Gasteiger partial charge is 0.338 e. The van der Waals surface area contributed by atoms with Crippen LogP contribution in [0.2, 0.25) is 0 Å². The monoisotopic (exact) mass is 501 g/mol. The number of benzene rings is 3. The maximum atomic E-state index is 12.8. The number of esters is 1. The van der Waals surface area contributed by atoms with Crippen LogP contribution in [0.5, 0.6) is 0 Å². The molecule has 37 heavy (non-hydrogen) atoms. The van der Waals surface area contributed by atoms with E-state index in [-0.39, 0.29) is 11.1 Å². The number of rotatable bonds is 8. The van der Waals surface area contributed by atoms with Crippen LogP contribution >= 0.6 is 0 Å². The van der Waals surface area contributed by atoms with Gasteiger partial charge >= 0.3 is 11.9 Å². The summed E-state index contributed by atoms with van der Waals surface area (Å²) in [7, 11) is 1.29. The molecule has 1 N–H and O–H groups in total. The van der Waals surface area contributed by atoms with Crippen LogP contribution in [0.1, 0.15) is 48.4 Å². The van der Waals surface area contributed by atoms with Gasteiger partial charge in [0.1, 0.15) is 24.4 Å². The first-order chi connectivity index (χ1) is 17.9. The molecule has 192 valence electrons. The number of anilines is 1. The Morgan fingerprint density at radius 2 is 1.62 bits per heavy atom. The van der Waals surface area contributed by atoms with Crippen LogP contribution in [0.15, 0.2) is 59.0 Å². The second-order valence-corrected chi connectivity index (χ2v) is 8.74. The summed E-state index contributed by atoms with van der Waals surface area (Å²) >= 11 is 0. The van der Waals surface area contributed by atoms with Gasteiger partial charge in [-0.3, -0.25) is 0 Å². The largest absolute Gasteiger partial charge is 0.478 e. The molecule has 2 aromatic carbocycles. The number of ether oxygens (including phenoxy) is 1. The van der Waals surface area contributed by atoms with Crippen molar-refractivity contribution in [2.24, 2.45) is 0 Å². The van der Waals surface area contributed by atoms with Gasteiger partial charge in [0.2, 0.25) is 5.36 Å². The first-order valence-electron chi connectivity index (χ1n) is 12.7. The fraction of sp³-hybridized carbons (Fsp3) is 0.300. The van der Waals surface area contributed by atoms with Crippen molar-refractivity contribution in [3.8, 4) is 22.5 Å². The zero-order valence-electron chi connectivity index (χ0n) is 22.0. The van der Waals surface area contributed by atoms with Gasteiger partial charge in [0, 0.05) is 47.4 Å². The van der Waals surface area contributed by atoms with Crippen molar-refractivity contribution >= 4 is 28.6 Å². The van der Waals surface area contributed by atoms with Gasteiger partial charge in [-0.1, -0.05) is 6.07 Å². The van der Waals surface area contributed by atoms with Crippen molar-refractivity contribution in [3.05, 3.63) is 71.1 Å². The minimum Gasteiger partial charge on any atom is -0.478 e. The summed E-state index contributed by atoms with van der Waals surface area (Å²) in [6.07, 6.45) is 0. The van der Waals surface area contributed by atoms with Gasteiger partial charge in [-0.2, -0.15) is 0 Å². The number of carbonyl (C=O) groups excluding carboxylic acids is 1. The molecule has 7 nitrogen and oxygen atoms in total. The lowest BCUT2D eigenvalue weighted by atomic mass is 9.89. The fourth-order valence-corrected chi connectivity index (χ4v) is 4.90. The Morgan fingerprint density at radius 1 is 0.919 bits per heavy atom. The number of hydrogen-bond donors (Lipinski definition) is 1. The van der Waals surface area contributed by atoms with Gasteiger partial charge < -0.3 is 19.2 Å². The van der Waals surface area contributed by atoms with Gasteiger partial charge in [0.05, 0.1) is 24.3 Å². The molecule has 1 heterocycles. The minimum atomic E-state index is -1.11. The Bertz CT molecular complexity index is 1510. The molecule has 0 bridgehead atoms. The lowest BCUT2D eigenvalue weighted by Gasteiger charge is -2.22. The van der Waals surface area contributed by atoms with Crippen LogP contribution in [0, 0.1) is 0 Å².